The lowest BCUT2D eigenvalue weighted by Crippen LogP contribution is -2.36. The highest BCUT2D eigenvalue weighted by Gasteiger charge is 2.04. The van der Waals surface area contributed by atoms with E-state index >= 15 is 0 Å². The third-order valence-electron chi connectivity index (χ3n) is 2.64. The van der Waals surface area contributed by atoms with Gasteiger partial charge in [-0.2, -0.15) is 0 Å². The normalized spacial score (nSPS) is 11.1. The molecule has 0 bridgehead atoms. The first-order valence-electron chi connectivity index (χ1n) is 6.84. The lowest BCUT2D eigenvalue weighted by atomic mass is 10.1. The molecule has 1 aromatic carbocycles. The van der Waals surface area contributed by atoms with Gasteiger partial charge in [-0.1, -0.05) is 25.5 Å². The molecule has 0 heterocycles. The number of ether oxygens (including phenoxy) is 1. The number of amides is 1. The van der Waals surface area contributed by atoms with Gasteiger partial charge < -0.3 is 10.1 Å². The minimum absolute atomic E-state index is 0.0913. The zero-order chi connectivity index (χ0) is 15.7. The van der Waals surface area contributed by atoms with Crippen LogP contribution >= 0.6 is 0 Å². The summed E-state index contributed by atoms with van der Waals surface area (Å²) in [6, 6.07) is 7.63. The van der Waals surface area contributed by atoms with Gasteiger partial charge in [-0.3, -0.25) is 4.79 Å². The number of hydrogen-bond acceptors (Lipinski definition) is 4. The van der Waals surface area contributed by atoms with Crippen LogP contribution in [-0.4, -0.2) is 40.3 Å². The molecule has 0 aliphatic carbocycles. The van der Waals surface area contributed by atoms with Gasteiger partial charge in [0.1, 0.15) is 5.75 Å². The van der Waals surface area contributed by atoms with Crippen molar-refractivity contribution < 1.29 is 17.9 Å². The smallest absolute Gasteiger partial charge is 0.257 e. The highest BCUT2D eigenvalue weighted by Crippen LogP contribution is 2.13. The molecular weight excluding hydrogens is 292 g/mol. The van der Waals surface area contributed by atoms with Crippen LogP contribution in [0.2, 0.25) is 0 Å². The van der Waals surface area contributed by atoms with Gasteiger partial charge in [-0.15, -0.1) is 0 Å². The molecule has 0 aromatic heterocycles. The monoisotopic (exact) mass is 314 g/mol. The average molecular weight is 314 g/mol. The number of carbonyl (C=O) groups is 1. The molecule has 118 valence electrons. The van der Waals surface area contributed by atoms with Crippen LogP contribution in [-0.2, 0) is 21.2 Å². The third kappa shape index (κ3) is 8.31. The molecule has 0 radical (unpaired) electrons. The molecule has 0 saturated heterocycles. The predicted molar refractivity (Wildman–Crippen MR) is 81.8 cm³/mol. The van der Waals surface area contributed by atoms with Crippen LogP contribution in [0.4, 0.5) is 0 Å². The van der Waals surface area contributed by atoms with Crippen molar-refractivity contribution in [1.82, 2.24) is 10.0 Å². The fourth-order valence-corrected chi connectivity index (χ4v) is 2.15. The molecule has 6 nitrogen and oxygen atoms in total. The van der Waals surface area contributed by atoms with Crippen molar-refractivity contribution in [3.05, 3.63) is 29.8 Å². The Balaban J connectivity index is 2.23. The lowest BCUT2D eigenvalue weighted by Gasteiger charge is -2.08. The average Bonchev–Trinajstić information content (AvgIpc) is 2.42. The lowest BCUT2D eigenvalue weighted by molar-refractivity contribution is -0.123. The number of carbonyl (C=O) groups excluding carboxylic acids is 1. The Labute approximate surface area is 125 Å². The van der Waals surface area contributed by atoms with E-state index in [-0.39, 0.29) is 25.6 Å². The second-order valence-electron chi connectivity index (χ2n) is 4.70. The van der Waals surface area contributed by atoms with Crippen molar-refractivity contribution in [2.75, 3.05) is 26.0 Å². The van der Waals surface area contributed by atoms with Crippen LogP contribution < -0.4 is 14.8 Å². The molecule has 1 rings (SSSR count). The van der Waals surface area contributed by atoms with Gasteiger partial charge in [0.25, 0.3) is 5.91 Å². The number of benzene rings is 1. The van der Waals surface area contributed by atoms with Gasteiger partial charge >= 0.3 is 0 Å². The summed E-state index contributed by atoms with van der Waals surface area (Å²) in [7, 11) is -3.22. The maximum Gasteiger partial charge on any atom is 0.257 e. The number of nitrogens with one attached hydrogen (secondary N) is 2. The Morgan fingerprint density at radius 2 is 1.86 bits per heavy atom. The van der Waals surface area contributed by atoms with E-state index in [2.05, 4.69) is 17.0 Å². The first-order chi connectivity index (χ1) is 9.90. The topological polar surface area (TPSA) is 84.5 Å². The molecule has 7 heteroatoms. The van der Waals surface area contributed by atoms with Gasteiger partial charge in [-0.25, -0.2) is 13.1 Å². The molecule has 1 aromatic rings. The molecular formula is C14H22N2O4S. The van der Waals surface area contributed by atoms with E-state index < -0.39 is 10.0 Å². The summed E-state index contributed by atoms with van der Waals surface area (Å²) in [6.45, 7) is 2.42. The summed E-state index contributed by atoms with van der Waals surface area (Å²) in [6.07, 6.45) is 3.18. The van der Waals surface area contributed by atoms with Crippen molar-refractivity contribution in [3.8, 4) is 5.75 Å². The molecule has 0 spiro atoms. The number of hydrogen-bond donors (Lipinski definition) is 2. The molecule has 21 heavy (non-hydrogen) atoms. The Hall–Kier alpha value is -1.60. The van der Waals surface area contributed by atoms with Gasteiger partial charge in [0, 0.05) is 13.1 Å². The molecule has 0 aliphatic rings. The minimum atomic E-state index is -3.22. The first kappa shape index (κ1) is 17.5. The van der Waals surface area contributed by atoms with E-state index in [9.17, 15) is 13.2 Å². The summed E-state index contributed by atoms with van der Waals surface area (Å²) in [5.74, 6) is 0.349. The van der Waals surface area contributed by atoms with Crippen molar-refractivity contribution >= 4 is 15.9 Å². The zero-order valence-electron chi connectivity index (χ0n) is 12.4. The highest BCUT2D eigenvalue weighted by molar-refractivity contribution is 7.88. The molecule has 0 atom stereocenters. The van der Waals surface area contributed by atoms with Crippen molar-refractivity contribution in [1.29, 1.82) is 0 Å². The molecule has 0 aliphatic heterocycles. The largest absolute Gasteiger partial charge is 0.484 e. The summed E-state index contributed by atoms with van der Waals surface area (Å²) in [5, 5.41) is 2.57. The number of rotatable bonds is 9. The van der Waals surface area contributed by atoms with E-state index in [1.807, 2.05) is 24.3 Å². The summed E-state index contributed by atoms with van der Waals surface area (Å²) in [5.41, 5.74) is 1.24. The molecule has 0 unspecified atom stereocenters. The van der Waals surface area contributed by atoms with Gasteiger partial charge in [-0.05, 0) is 24.1 Å². The van der Waals surface area contributed by atoms with E-state index in [0.717, 1.165) is 19.1 Å². The van der Waals surface area contributed by atoms with Crippen LogP contribution in [0.15, 0.2) is 24.3 Å². The molecule has 0 saturated carbocycles. The van der Waals surface area contributed by atoms with Crippen molar-refractivity contribution in [2.45, 2.75) is 19.8 Å². The van der Waals surface area contributed by atoms with Crippen LogP contribution in [0.25, 0.3) is 0 Å². The Morgan fingerprint density at radius 1 is 1.19 bits per heavy atom. The quantitative estimate of drug-likeness (QED) is 0.657. The fraction of sp³-hybridized carbons (Fsp3) is 0.500. The van der Waals surface area contributed by atoms with Gasteiger partial charge in [0.15, 0.2) is 6.61 Å². The Kier molecular flexibility index (Phi) is 7.18. The second kappa shape index (κ2) is 8.63. The predicted octanol–water partition coefficient (Wildman–Crippen LogP) is 0.683. The van der Waals surface area contributed by atoms with Crippen LogP contribution in [0.3, 0.4) is 0 Å². The Morgan fingerprint density at radius 3 is 2.43 bits per heavy atom. The summed E-state index contributed by atoms with van der Waals surface area (Å²) < 4.78 is 29.3. The van der Waals surface area contributed by atoms with Crippen LogP contribution in [0, 0.1) is 0 Å². The van der Waals surface area contributed by atoms with Crippen LogP contribution in [0.1, 0.15) is 18.9 Å². The molecule has 0 fully saturated rings. The Bertz CT molecular complexity index is 541. The summed E-state index contributed by atoms with van der Waals surface area (Å²) >= 11 is 0. The zero-order valence-corrected chi connectivity index (χ0v) is 13.2. The standard InChI is InChI=1S/C14H22N2O4S/c1-3-4-12-5-7-13(8-6-12)20-11-14(17)15-9-10-16-21(2,18)19/h5-8,16H,3-4,9-11H2,1-2H3,(H,15,17). The number of sulfonamides is 1. The van der Waals surface area contributed by atoms with E-state index in [1.165, 1.54) is 5.56 Å². The van der Waals surface area contributed by atoms with Crippen LogP contribution in [0.5, 0.6) is 5.75 Å². The van der Waals surface area contributed by atoms with Crippen molar-refractivity contribution in [3.63, 3.8) is 0 Å². The summed E-state index contributed by atoms with van der Waals surface area (Å²) in [4.78, 5) is 11.5. The van der Waals surface area contributed by atoms with E-state index in [4.69, 9.17) is 4.74 Å². The fourth-order valence-electron chi connectivity index (χ4n) is 1.68. The highest BCUT2D eigenvalue weighted by atomic mass is 32.2. The first-order valence-corrected chi connectivity index (χ1v) is 8.73. The maximum absolute atomic E-state index is 11.5. The maximum atomic E-state index is 11.5. The minimum Gasteiger partial charge on any atom is -0.484 e. The molecule has 1 amide bonds. The van der Waals surface area contributed by atoms with E-state index in [1.54, 1.807) is 0 Å². The second-order valence-corrected chi connectivity index (χ2v) is 6.53. The molecule has 2 N–H and O–H groups in total. The van der Waals surface area contributed by atoms with E-state index in [0.29, 0.717) is 5.75 Å². The van der Waals surface area contributed by atoms with Gasteiger partial charge in [0.05, 0.1) is 6.26 Å². The van der Waals surface area contributed by atoms with Crippen molar-refractivity contribution in [2.24, 2.45) is 0 Å². The number of aryl methyl sites for hydroxylation is 1. The third-order valence-corrected chi connectivity index (χ3v) is 3.37. The SMILES string of the molecule is CCCc1ccc(OCC(=O)NCCNS(C)(=O)=O)cc1. The van der Waals surface area contributed by atoms with Gasteiger partial charge in [0.2, 0.25) is 10.0 Å².